The summed E-state index contributed by atoms with van der Waals surface area (Å²) in [5.41, 5.74) is 0.511. The fourth-order valence-corrected chi connectivity index (χ4v) is 2.80. The van der Waals surface area contributed by atoms with Crippen LogP contribution in [0.25, 0.3) is 0 Å². The minimum absolute atomic E-state index is 0.212. The number of carbonyl (C=O) groups excluding carboxylic acids is 2. The normalized spacial score (nSPS) is 14.2. The number of piperazine rings is 1. The van der Waals surface area contributed by atoms with E-state index >= 15 is 0 Å². The van der Waals surface area contributed by atoms with Gasteiger partial charge in [0.15, 0.2) is 0 Å². The van der Waals surface area contributed by atoms with Crippen molar-refractivity contribution in [1.29, 1.82) is 0 Å². The van der Waals surface area contributed by atoms with Crippen molar-refractivity contribution < 1.29 is 14.0 Å². The maximum atomic E-state index is 13.5. The van der Waals surface area contributed by atoms with Crippen LogP contribution in [0.15, 0.2) is 42.7 Å². The molecule has 1 aliphatic rings. The van der Waals surface area contributed by atoms with Crippen molar-refractivity contribution in [1.82, 2.24) is 20.2 Å². The standard InChI is InChI=1S/C18H20FN5O2/c19-15-5-2-1-4-14(15)6-9-20-16(25)17(26)23-10-12-24(13-11-23)18-21-7-3-8-22-18/h1-5,7-8H,6,9-13H2,(H,20,25). The first-order valence-electron chi connectivity index (χ1n) is 8.47. The number of hydrogen-bond donors (Lipinski definition) is 1. The molecule has 1 aromatic carbocycles. The Kier molecular flexibility index (Phi) is 5.73. The average molecular weight is 357 g/mol. The van der Waals surface area contributed by atoms with Gasteiger partial charge in [-0.1, -0.05) is 18.2 Å². The maximum absolute atomic E-state index is 13.5. The summed E-state index contributed by atoms with van der Waals surface area (Å²) in [5.74, 6) is -0.917. The third kappa shape index (κ3) is 4.33. The molecule has 7 nitrogen and oxygen atoms in total. The van der Waals surface area contributed by atoms with Crippen LogP contribution in [0, 0.1) is 5.82 Å². The van der Waals surface area contributed by atoms with Gasteiger partial charge in [0, 0.05) is 45.1 Å². The highest BCUT2D eigenvalue weighted by Crippen LogP contribution is 2.10. The van der Waals surface area contributed by atoms with Crippen molar-refractivity contribution in [3.63, 3.8) is 0 Å². The van der Waals surface area contributed by atoms with Gasteiger partial charge in [-0.3, -0.25) is 9.59 Å². The van der Waals surface area contributed by atoms with E-state index in [0.717, 1.165) is 0 Å². The first kappa shape index (κ1) is 17.8. The number of nitrogens with one attached hydrogen (secondary N) is 1. The van der Waals surface area contributed by atoms with Gasteiger partial charge in [0.1, 0.15) is 5.82 Å². The van der Waals surface area contributed by atoms with Crippen LogP contribution in [0.2, 0.25) is 0 Å². The summed E-state index contributed by atoms with van der Waals surface area (Å²) in [7, 11) is 0. The number of amides is 2. The number of hydrogen-bond acceptors (Lipinski definition) is 5. The van der Waals surface area contributed by atoms with E-state index in [0.29, 0.717) is 44.1 Å². The zero-order valence-corrected chi connectivity index (χ0v) is 14.3. The third-order valence-corrected chi connectivity index (χ3v) is 4.23. The summed E-state index contributed by atoms with van der Waals surface area (Å²) in [6, 6.07) is 8.13. The molecule has 136 valence electrons. The molecule has 3 rings (SSSR count). The van der Waals surface area contributed by atoms with Gasteiger partial charge in [0.05, 0.1) is 0 Å². The molecule has 0 aliphatic carbocycles. The quantitative estimate of drug-likeness (QED) is 0.812. The van der Waals surface area contributed by atoms with Crippen LogP contribution in [-0.2, 0) is 16.0 Å². The first-order valence-corrected chi connectivity index (χ1v) is 8.47. The van der Waals surface area contributed by atoms with Gasteiger partial charge in [0.25, 0.3) is 0 Å². The molecule has 1 fully saturated rings. The van der Waals surface area contributed by atoms with Crippen LogP contribution in [0.3, 0.4) is 0 Å². The lowest BCUT2D eigenvalue weighted by atomic mass is 10.1. The lowest BCUT2D eigenvalue weighted by molar-refractivity contribution is -0.146. The number of benzene rings is 1. The molecule has 2 heterocycles. The highest BCUT2D eigenvalue weighted by Gasteiger charge is 2.26. The summed E-state index contributed by atoms with van der Waals surface area (Å²) < 4.78 is 13.5. The summed E-state index contributed by atoms with van der Waals surface area (Å²) in [6.07, 6.45) is 3.68. The summed E-state index contributed by atoms with van der Waals surface area (Å²) in [5, 5.41) is 2.56. The van der Waals surface area contributed by atoms with Crippen LogP contribution < -0.4 is 10.2 Å². The van der Waals surface area contributed by atoms with Crippen LogP contribution >= 0.6 is 0 Å². The summed E-state index contributed by atoms with van der Waals surface area (Å²) >= 11 is 0. The second-order valence-corrected chi connectivity index (χ2v) is 5.93. The van der Waals surface area contributed by atoms with E-state index in [-0.39, 0.29) is 12.4 Å². The van der Waals surface area contributed by atoms with Crippen LogP contribution in [0.4, 0.5) is 10.3 Å². The molecular formula is C18H20FN5O2. The molecule has 1 saturated heterocycles. The molecule has 2 amide bonds. The second kappa shape index (κ2) is 8.37. The van der Waals surface area contributed by atoms with Gasteiger partial charge in [-0.25, -0.2) is 14.4 Å². The highest BCUT2D eigenvalue weighted by atomic mass is 19.1. The zero-order chi connectivity index (χ0) is 18.4. The molecule has 8 heteroatoms. The number of aromatic nitrogens is 2. The Bertz CT molecular complexity index is 763. The SMILES string of the molecule is O=C(NCCc1ccccc1F)C(=O)N1CCN(c2ncccn2)CC1. The van der Waals surface area contributed by atoms with Crippen molar-refractivity contribution in [3.8, 4) is 0 Å². The maximum Gasteiger partial charge on any atom is 0.312 e. The second-order valence-electron chi connectivity index (χ2n) is 5.93. The van der Waals surface area contributed by atoms with Crippen molar-refractivity contribution in [2.45, 2.75) is 6.42 Å². The van der Waals surface area contributed by atoms with Gasteiger partial charge < -0.3 is 15.1 Å². The molecule has 0 bridgehead atoms. The van der Waals surface area contributed by atoms with Gasteiger partial charge in [-0.05, 0) is 24.1 Å². The largest absolute Gasteiger partial charge is 0.347 e. The van der Waals surface area contributed by atoms with Crippen LogP contribution in [-0.4, -0.2) is 59.4 Å². The highest BCUT2D eigenvalue weighted by molar-refractivity contribution is 6.35. The molecule has 0 radical (unpaired) electrons. The molecule has 1 aromatic heterocycles. The van der Waals surface area contributed by atoms with E-state index in [1.807, 2.05) is 4.90 Å². The lowest BCUT2D eigenvalue weighted by Gasteiger charge is -2.34. The number of carbonyl (C=O) groups is 2. The van der Waals surface area contributed by atoms with E-state index in [4.69, 9.17) is 0 Å². The van der Waals surface area contributed by atoms with Gasteiger partial charge in [-0.15, -0.1) is 0 Å². The molecule has 0 saturated carbocycles. The summed E-state index contributed by atoms with van der Waals surface area (Å²) in [6.45, 7) is 2.20. The van der Waals surface area contributed by atoms with Crippen molar-refractivity contribution >= 4 is 17.8 Å². The Morgan fingerprint density at radius 2 is 1.73 bits per heavy atom. The average Bonchev–Trinajstić information content (AvgIpc) is 2.69. The number of halogens is 1. The lowest BCUT2D eigenvalue weighted by Crippen LogP contribution is -2.53. The Labute approximate surface area is 150 Å². The van der Waals surface area contributed by atoms with Crippen molar-refractivity contribution in [2.75, 3.05) is 37.6 Å². The molecule has 0 unspecified atom stereocenters. The van der Waals surface area contributed by atoms with E-state index in [1.165, 1.54) is 11.0 Å². The topological polar surface area (TPSA) is 78.4 Å². The van der Waals surface area contributed by atoms with E-state index in [1.54, 1.807) is 36.7 Å². The summed E-state index contributed by atoms with van der Waals surface area (Å²) in [4.78, 5) is 36.1. The smallest absolute Gasteiger partial charge is 0.312 e. The molecule has 1 N–H and O–H groups in total. The molecule has 1 aliphatic heterocycles. The molecule has 0 spiro atoms. The molecular weight excluding hydrogens is 337 g/mol. The third-order valence-electron chi connectivity index (χ3n) is 4.23. The van der Waals surface area contributed by atoms with E-state index in [2.05, 4.69) is 15.3 Å². The Hall–Kier alpha value is -3.03. The predicted octanol–water partition coefficient (Wildman–Crippen LogP) is 0.623. The predicted molar refractivity (Wildman–Crippen MR) is 93.9 cm³/mol. The van der Waals surface area contributed by atoms with E-state index in [9.17, 15) is 14.0 Å². The number of anilines is 1. The number of rotatable bonds is 4. The molecule has 2 aromatic rings. The zero-order valence-electron chi connectivity index (χ0n) is 14.3. The minimum atomic E-state index is -0.661. The number of nitrogens with zero attached hydrogens (tertiary/aromatic N) is 4. The van der Waals surface area contributed by atoms with E-state index < -0.39 is 11.8 Å². The van der Waals surface area contributed by atoms with Gasteiger partial charge in [0.2, 0.25) is 5.95 Å². The fourth-order valence-electron chi connectivity index (χ4n) is 2.80. The van der Waals surface area contributed by atoms with Crippen molar-refractivity contribution in [3.05, 3.63) is 54.1 Å². The van der Waals surface area contributed by atoms with Crippen LogP contribution in [0.1, 0.15) is 5.56 Å². The van der Waals surface area contributed by atoms with Gasteiger partial charge >= 0.3 is 11.8 Å². The molecule has 26 heavy (non-hydrogen) atoms. The Balaban J connectivity index is 1.44. The van der Waals surface area contributed by atoms with Gasteiger partial charge in [-0.2, -0.15) is 0 Å². The first-order chi connectivity index (χ1) is 12.6. The van der Waals surface area contributed by atoms with Crippen LogP contribution in [0.5, 0.6) is 0 Å². The molecule has 0 atom stereocenters. The monoisotopic (exact) mass is 357 g/mol. The van der Waals surface area contributed by atoms with Crippen molar-refractivity contribution in [2.24, 2.45) is 0 Å². The Morgan fingerprint density at radius 1 is 1.04 bits per heavy atom. The minimum Gasteiger partial charge on any atom is -0.347 e. The Morgan fingerprint density at radius 3 is 2.42 bits per heavy atom. The fraction of sp³-hybridized carbons (Fsp3) is 0.333.